The third kappa shape index (κ3) is 4.58. The Labute approximate surface area is 117 Å². The summed E-state index contributed by atoms with van der Waals surface area (Å²) in [5.41, 5.74) is 1.73. The quantitative estimate of drug-likeness (QED) is 0.674. The van der Waals surface area contributed by atoms with Crippen LogP contribution in [0.1, 0.15) is 25.0 Å². The molecule has 0 unspecified atom stereocenters. The molecule has 0 aromatic heterocycles. The number of aryl methyl sites for hydroxylation is 1. The molecule has 0 radical (unpaired) electrons. The number of alkyl carbamates (subject to hydrolysis) is 1. The number of nitrogens with one attached hydrogen (secondary N) is 1. The van der Waals surface area contributed by atoms with Crippen molar-refractivity contribution >= 4 is 18.1 Å². The highest BCUT2D eigenvalue weighted by Crippen LogP contribution is 2.09. The summed E-state index contributed by atoms with van der Waals surface area (Å²) in [5.74, 6) is -0.773. The largest absolute Gasteiger partial charge is 0.450 e. The molecule has 0 fully saturated rings. The van der Waals surface area contributed by atoms with Crippen molar-refractivity contribution in [2.24, 2.45) is 0 Å². The van der Waals surface area contributed by atoms with E-state index < -0.39 is 12.0 Å². The Kier molecular flexibility index (Phi) is 5.98. The normalized spacial score (nSPS) is 10.6. The van der Waals surface area contributed by atoms with Crippen LogP contribution in [0.15, 0.2) is 29.8 Å². The molecule has 104 valence electrons. The van der Waals surface area contributed by atoms with Crippen LogP contribution in [0.25, 0.3) is 6.08 Å². The van der Waals surface area contributed by atoms with E-state index >= 15 is 0 Å². The summed E-state index contributed by atoms with van der Waals surface area (Å²) >= 11 is 0. The standard InChI is InChI=1S/C15H16N2O3/c1-3-11-5-7-12(8-6-11)9-13(10-16)14(18)17-15(19)20-4-2/h5-9H,3-4H2,1-2H3,(H,17,18,19)/b13-9-. The first-order chi connectivity index (χ1) is 9.60. The van der Waals surface area contributed by atoms with E-state index in [2.05, 4.69) is 4.74 Å². The van der Waals surface area contributed by atoms with Gasteiger partial charge in [0.2, 0.25) is 0 Å². The van der Waals surface area contributed by atoms with E-state index in [1.165, 1.54) is 6.08 Å². The molecule has 1 N–H and O–H groups in total. The molecule has 0 saturated heterocycles. The molecule has 0 heterocycles. The van der Waals surface area contributed by atoms with Gasteiger partial charge in [-0.1, -0.05) is 31.2 Å². The average Bonchev–Trinajstić information content (AvgIpc) is 2.45. The van der Waals surface area contributed by atoms with E-state index in [1.807, 2.05) is 36.5 Å². The smallest absolute Gasteiger partial charge is 0.414 e. The van der Waals surface area contributed by atoms with Crippen molar-refractivity contribution in [3.63, 3.8) is 0 Å². The number of amides is 2. The molecule has 0 bridgehead atoms. The highest BCUT2D eigenvalue weighted by molar-refractivity contribution is 6.07. The van der Waals surface area contributed by atoms with Gasteiger partial charge in [0.25, 0.3) is 5.91 Å². The maximum Gasteiger partial charge on any atom is 0.414 e. The molecule has 0 atom stereocenters. The maximum absolute atomic E-state index is 11.7. The van der Waals surface area contributed by atoms with Crippen LogP contribution in [0.5, 0.6) is 0 Å². The number of nitriles is 1. The number of benzene rings is 1. The van der Waals surface area contributed by atoms with Crippen molar-refractivity contribution in [2.45, 2.75) is 20.3 Å². The molecule has 0 aliphatic heterocycles. The lowest BCUT2D eigenvalue weighted by molar-refractivity contribution is -0.116. The van der Waals surface area contributed by atoms with E-state index in [0.29, 0.717) is 0 Å². The number of hydrogen-bond acceptors (Lipinski definition) is 4. The van der Waals surface area contributed by atoms with E-state index in [4.69, 9.17) is 5.26 Å². The van der Waals surface area contributed by atoms with Crippen molar-refractivity contribution in [1.82, 2.24) is 5.32 Å². The fourth-order valence-corrected chi connectivity index (χ4v) is 1.49. The predicted octanol–water partition coefficient (Wildman–Crippen LogP) is 2.43. The molecule has 5 nitrogen and oxygen atoms in total. The molecule has 0 spiro atoms. The van der Waals surface area contributed by atoms with Gasteiger partial charge < -0.3 is 4.74 Å². The Balaban J connectivity index is 2.83. The zero-order chi connectivity index (χ0) is 15.0. The van der Waals surface area contributed by atoms with Gasteiger partial charge in [-0.3, -0.25) is 10.1 Å². The zero-order valence-electron chi connectivity index (χ0n) is 11.5. The van der Waals surface area contributed by atoms with Gasteiger partial charge in [0.05, 0.1) is 6.61 Å². The van der Waals surface area contributed by atoms with Crippen LogP contribution >= 0.6 is 0 Å². The summed E-state index contributed by atoms with van der Waals surface area (Å²) in [6.45, 7) is 3.82. The van der Waals surface area contributed by atoms with Gasteiger partial charge in [0.15, 0.2) is 0 Å². The van der Waals surface area contributed by atoms with Gasteiger partial charge in [0.1, 0.15) is 11.6 Å². The van der Waals surface area contributed by atoms with Gasteiger partial charge in [0, 0.05) is 0 Å². The van der Waals surface area contributed by atoms with Crippen LogP contribution in [0.2, 0.25) is 0 Å². The monoisotopic (exact) mass is 272 g/mol. The lowest BCUT2D eigenvalue weighted by atomic mass is 10.1. The lowest BCUT2D eigenvalue weighted by Gasteiger charge is -2.03. The summed E-state index contributed by atoms with van der Waals surface area (Å²) in [6, 6.07) is 9.24. The molecule has 0 saturated carbocycles. The van der Waals surface area contributed by atoms with Crippen LogP contribution in [0.3, 0.4) is 0 Å². The minimum Gasteiger partial charge on any atom is -0.450 e. The first-order valence-electron chi connectivity index (χ1n) is 6.29. The first kappa shape index (κ1) is 15.4. The van der Waals surface area contributed by atoms with Crippen LogP contribution < -0.4 is 5.32 Å². The third-order valence-corrected chi connectivity index (χ3v) is 2.56. The first-order valence-corrected chi connectivity index (χ1v) is 6.29. The van der Waals surface area contributed by atoms with Gasteiger partial charge >= 0.3 is 6.09 Å². The molecule has 20 heavy (non-hydrogen) atoms. The summed E-state index contributed by atoms with van der Waals surface area (Å²) < 4.78 is 4.58. The van der Waals surface area contributed by atoms with E-state index in [1.54, 1.807) is 13.0 Å². The number of carbonyl (C=O) groups is 2. The van der Waals surface area contributed by atoms with Gasteiger partial charge in [-0.25, -0.2) is 4.79 Å². The zero-order valence-corrected chi connectivity index (χ0v) is 11.5. The lowest BCUT2D eigenvalue weighted by Crippen LogP contribution is -2.31. The number of nitrogens with zero attached hydrogens (tertiary/aromatic N) is 1. The Morgan fingerprint density at radius 3 is 2.45 bits per heavy atom. The van der Waals surface area contributed by atoms with Crippen LogP contribution in [-0.2, 0) is 16.0 Å². The SMILES string of the molecule is CCOC(=O)NC(=O)/C(C#N)=C\c1ccc(CC)cc1. The Morgan fingerprint density at radius 1 is 1.30 bits per heavy atom. The second-order valence-corrected chi connectivity index (χ2v) is 3.94. The van der Waals surface area contributed by atoms with Crippen molar-refractivity contribution in [3.8, 4) is 6.07 Å². The third-order valence-electron chi connectivity index (χ3n) is 2.56. The number of ether oxygens (including phenoxy) is 1. The van der Waals surface area contributed by atoms with Crippen molar-refractivity contribution in [3.05, 3.63) is 41.0 Å². The van der Waals surface area contributed by atoms with Gasteiger partial charge in [-0.15, -0.1) is 0 Å². The van der Waals surface area contributed by atoms with Crippen molar-refractivity contribution in [1.29, 1.82) is 5.26 Å². The summed E-state index contributed by atoms with van der Waals surface area (Å²) in [6.07, 6.45) is 1.48. The van der Waals surface area contributed by atoms with E-state index in [9.17, 15) is 9.59 Å². The minimum atomic E-state index is -0.861. The number of hydrogen-bond donors (Lipinski definition) is 1. The van der Waals surface area contributed by atoms with Gasteiger partial charge in [-0.2, -0.15) is 5.26 Å². The molecule has 1 rings (SSSR count). The highest BCUT2D eigenvalue weighted by atomic mass is 16.5. The molecule has 0 aliphatic carbocycles. The van der Waals surface area contributed by atoms with E-state index in [0.717, 1.165) is 17.5 Å². The van der Waals surface area contributed by atoms with Crippen LogP contribution in [0.4, 0.5) is 4.79 Å². The number of imide groups is 1. The topological polar surface area (TPSA) is 79.2 Å². The minimum absolute atomic E-state index is 0.151. The fourth-order valence-electron chi connectivity index (χ4n) is 1.49. The molecule has 2 amide bonds. The molecular formula is C15H16N2O3. The average molecular weight is 272 g/mol. The number of carbonyl (C=O) groups excluding carboxylic acids is 2. The molecule has 1 aromatic rings. The molecule has 5 heteroatoms. The van der Waals surface area contributed by atoms with E-state index in [-0.39, 0.29) is 12.2 Å². The maximum atomic E-state index is 11.7. The summed E-state index contributed by atoms with van der Waals surface area (Å²) in [4.78, 5) is 22.8. The van der Waals surface area contributed by atoms with Crippen molar-refractivity contribution < 1.29 is 14.3 Å². The van der Waals surface area contributed by atoms with Gasteiger partial charge in [-0.05, 0) is 30.5 Å². The summed E-state index contributed by atoms with van der Waals surface area (Å²) in [7, 11) is 0. The van der Waals surface area contributed by atoms with Crippen LogP contribution in [0, 0.1) is 11.3 Å². The second-order valence-electron chi connectivity index (χ2n) is 3.94. The van der Waals surface area contributed by atoms with Crippen LogP contribution in [-0.4, -0.2) is 18.6 Å². The second kappa shape index (κ2) is 7.74. The molecule has 1 aromatic carbocycles. The predicted molar refractivity (Wildman–Crippen MR) is 74.6 cm³/mol. The highest BCUT2D eigenvalue weighted by Gasteiger charge is 2.13. The Bertz CT molecular complexity index is 553. The summed E-state index contributed by atoms with van der Waals surface area (Å²) in [5, 5.41) is 11.0. The fraction of sp³-hybridized carbons (Fsp3) is 0.267. The number of rotatable bonds is 4. The Hall–Kier alpha value is -2.61. The molecule has 0 aliphatic rings. The Morgan fingerprint density at radius 2 is 1.95 bits per heavy atom. The van der Waals surface area contributed by atoms with Crippen molar-refractivity contribution in [2.75, 3.05) is 6.61 Å². The molecular weight excluding hydrogens is 256 g/mol.